The van der Waals surface area contributed by atoms with Gasteiger partial charge in [0.2, 0.25) is 5.91 Å². The van der Waals surface area contributed by atoms with Gasteiger partial charge in [0.05, 0.1) is 29.0 Å². The highest BCUT2D eigenvalue weighted by molar-refractivity contribution is 6.31. The Morgan fingerprint density at radius 2 is 1.91 bits per heavy atom. The van der Waals surface area contributed by atoms with Crippen LogP contribution in [-0.2, 0) is 22.2 Å². The summed E-state index contributed by atoms with van der Waals surface area (Å²) in [4.78, 5) is 25.6. The number of alkyl halides is 3. The molecule has 0 spiro atoms. The molecule has 0 unspecified atom stereocenters. The summed E-state index contributed by atoms with van der Waals surface area (Å²) >= 11 is 5.80. The van der Waals surface area contributed by atoms with E-state index in [-0.39, 0.29) is 42.6 Å². The normalized spacial score (nSPS) is 17.7. The zero-order valence-electron chi connectivity index (χ0n) is 16.8. The molecule has 4 rings (SSSR count). The number of fused-ring (bicyclic) bond motifs is 1. The average molecular weight is 469 g/mol. The van der Waals surface area contributed by atoms with Gasteiger partial charge in [-0.25, -0.2) is 0 Å². The van der Waals surface area contributed by atoms with Crippen molar-refractivity contribution in [3.05, 3.63) is 52.5 Å². The van der Waals surface area contributed by atoms with Gasteiger partial charge in [0.25, 0.3) is 0 Å². The second-order valence-electron chi connectivity index (χ2n) is 8.07. The van der Waals surface area contributed by atoms with Gasteiger partial charge in [-0.2, -0.15) is 13.2 Å². The minimum Gasteiger partial charge on any atom is -0.426 e. The number of anilines is 2. The van der Waals surface area contributed by atoms with E-state index in [0.29, 0.717) is 30.2 Å². The third kappa shape index (κ3) is 4.83. The molecule has 1 saturated heterocycles. The van der Waals surface area contributed by atoms with Crippen molar-refractivity contribution in [3.8, 4) is 5.75 Å². The number of ether oxygens (including phenoxy) is 1. The number of piperidine rings is 1. The second-order valence-corrected chi connectivity index (χ2v) is 8.48. The summed E-state index contributed by atoms with van der Waals surface area (Å²) in [5.74, 6) is -0.322. The van der Waals surface area contributed by atoms with Crippen molar-refractivity contribution in [3.63, 3.8) is 0 Å². The molecule has 170 valence electrons. The number of benzene rings is 2. The van der Waals surface area contributed by atoms with Crippen molar-refractivity contribution in [1.29, 1.82) is 0 Å². The number of aliphatic hydroxyl groups is 1. The monoisotopic (exact) mass is 468 g/mol. The third-order valence-corrected chi connectivity index (χ3v) is 6.03. The Labute approximate surface area is 186 Å². The highest BCUT2D eigenvalue weighted by Gasteiger charge is 2.36. The van der Waals surface area contributed by atoms with Gasteiger partial charge in [0, 0.05) is 36.1 Å². The average Bonchev–Trinajstić information content (AvgIpc) is 3.06. The molecule has 6 nitrogen and oxygen atoms in total. The first-order valence-electron chi connectivity index (χ1n) is 10.00. The van der Waals surface area contributed by atoms with Gasteiger partial charge in [-0.05, 0) is 37.1 Å². The first kappa shape index (κ1) is 22.4. The molecule has 2 aromatic rings. The third-order valence-electron chi connectivity index (χ3n) is 5.72. The van der Waals surface area contributed by atoms with E-state index in [0.717, 1.165) is 11.6 Å². The van der Waals surface area contributed by atoms with Gasteiger partial charge >= 0.3 is 12.1 Å². The molecule has 1 fully saturated rings. The van der Waals surface area contributed by atoms with Crippen LogP contribution < -0.4 is 15.0 Å². The summed E-state index contributed by atoms with van der Waals surface area (Å²) in [6.45, 7) is 0.723. The molecule has 1 amide bonds. The van der Waals surface area contributed by atoms with Crippen LogP contribution in [0.1, 0.15) is 30.4 Å². The predicted molar refractivity (Wildman–Crippen MR) is 112 cm³/mol. The van der Waals surface area contributed by atoms with E-state index in [2.05, 4.69) is 5.32 Å². The van der Waals surface area contributed by atoms with Gasteiger partial charge in [-0.15, -0.1) is 0 Å². The number of amides is 1. The largest absolute Gasteiger partial charge is 0.426 e. The van der Waals surface area contributed by atoms with Gasteiger partial charge < -0.3 is 20.1 Å². The predicted octanol–water partition coefficient (Wildman–Crippen LogP) is 4.18. The molecule has 2 heterocycles. The molecule has 0 aliphatic carbocycles. The molecule has 2 N–H and O–H groups in total. The highest BCUT2D eigenvalue weighted by atomic mass is 35.5. The summed E-state index contributed by atoms with van der Waals surface area (Å²) in [6.07, 6.45) is -3.93. The SMILES string of the molecule is O=C(CC1(O)CCN(c2ccc(C(F)(F)F)c(Cl)c2)CC1)Nc1ccc2c(c1)OC(=O)C2. The number of nitrogens with zero attached hydrogens (tertiary/aromatic N) is 1. The van der Waals surface area contributed by atoms with Crippen LogP contribution in [0.25, 0.3) is 0 Å². The number of halogens is 4. The van der Waals surface area contributed by atoms with Crippen molar-refractivity contribution >= 4 is 34.9 Å². The Balaban J connectivity index is 1.34. The van der Waals surface area contributed by atoms with Crippen molar-refractivity contribution in [1.82, 2.24) is 0 Å². The zero-order valence-corrected chi connectivity index (χ0v) is 17.6. The first-order chi connectivity index (χ1) is 15.0. The lowest BCUT2D eigenvalue weighted by molar-refractivity contribution is -0.137. The van der Waals surface area contributed by atoms with E-state index in [9.17, 15) is 27.9 Å². The molecular formula is C22H20ClF3N2O4. The molecule has 0 saturated carbocycles. The van der Waals surface area contributed by atoms with Crippen LogP contribution in [0.15, 0.2) is 36.4 Å². The number of rotatable bonds is 4. The molecular weight excluding hydrogens is 449 g/mol. The van der Waals surface area contributed by atoms with Crippen molar-refractivity contribution in [2.75, 3.05) is 23.3 Å². The van der Waals surface area contributed by atoms with E-state index in [1.165, 1.54) is 12.1 Å². The fourth-order valence-electron chi connectivity index (χ4n) is 3.98. The maximum atomic E-state index is 12.9. The lowest BCUT2D eigenvalue weighted by Crippen LogP contribution is -2.46. The number of carbonyl (C=O) groups is 2. The van der Waals surface area contributed by atoms with E-state index >= 15 is 0 Å². The van der Waals surface area contributed by atoms with E-state index in [4.69, 9.17) is 16.3 Å². The molecule has 2 aliphatic rings. The van der Waals surface area contributed by atoms with Crippen LogP contribution in [0.5, 0.6) is 5.75 Å². The minimum absolute atomic E-state index is 0.133. The van der Waals surface area contributed by atoms with Crippen molar-refractivity contribution < 1.29 is 32.6 Å². The van der Waals surface area contributed by atoms with Crippen LogP contribution >= 0.6 is 11.6 Å². The van der Waals surface area contributed by atoms with Gasteiger partial charge in [-0.3, -0.25) is 9.59 Å². The number of hydrogen-bond acceptors (Lipinski definition) is 5. The topological polar surface area (TPSA) is 78.9 Å². The minimum atomic E-state index is -4.52. The molecule has 2 aromatic carbocycles. The van der Waals surface area contributed by atoms with Crippen LogP contribution in [0, 0.1) is 0 Å². The number of hydrogen-bond donors (Lipinski definition) is 2. The molecule has 0 bridgehead atoms. The van der Waals surface area contributed by atoms with Crippen LogP contribution in [-0.4, -0.2) is 35.7 Å². The highest BCUT2D eigenvalue weighted by Crippen LogP contribution is 2.38. The smallest absolute Gasteiger partial charge is 0.417 e. The lowest BCUT2D eigenvalue weighted by Gasteiger charge is -2.39. The van der Waals surface area contributed by atoms with Gasteiger partial charge in [0.15, 0.2) is 0 Å². The maximum Gasteiger partial charge on any atom is 0.417 e. The second kappa shape index (κ2) is 8.29. The summed E-state index contributed by atoms with van der Waals surface area (Å²) in [5, 5.41) is 13.2. The zero-order chi connectivity index (χ0) is 23.1. The Morgan fingerprint density at radius 1 is 1.19 bits per heavy atom. The summed E-state index contributed by atoms with van der Waals surface area (Å²) in [5.41, 5.74) is -0.387. The quantitative estimate of drug-likeness (QED) is 0.520. The van der Waals surface area contributed by atoms with Crippen molar-refractivity contribution in [2.45, 2.75) is 37.5 Å². The Bertz CT molecular complexity index is 1070. The molecule has 0 aromatic heterocycles. The summed E-state index contributed by atoms with van der Waals surface area (Å²) < 4.78 is 43.8. The summed E-state index contributed by atoms with van der Waals surface area (Å²) in [6, 6.07) is 8.51. The first-order valence-corrected chi connectivity index (χ1v) is 10.4. The Kier molecular flexibility index (Phi) is 5.81. The summed E-state index contributed by atoms with van der Waals surface area (Å²) in [7, 11) is 0. The molecule has 0 atom stereocenters. The Morgan fingerprint density at radius 3 is 2.56 bits per heavy atom. The van der Waals surface area contributed by atoms with E-state index in [1.807, 2.05) is 4.90 Å². The van der Waals surface area contributed by atoms with Crippen LogP contribution in [0.2, 0.25) is 5.02 Å². The van der Waals surface area contributed by atoms with Crippen molar-refractivity contribution in [2.24, 2.45) is 0 Å². The van der Waals surface area contributed by atoms with E-state index in [1.54, 1.807) is 18.2 Å². The van der Waals surface area contributed by atoms with Crippen LogP contribution in [0.4, 0.5) is 24.5 Å². The maximum absolute atomic E-state index is 12.9. The Hall–Kier alpha value is -2.78. The fraction of sp³-hybridized carbons (Fsp3) is 0.364. The fourth-order valence-corrected chi connectivity index (χ4v) is 4.26. The van der Waals surface area contributed by atoms with E-state index < -0.39 is 17.3 Å². The number of esters is 1. The number of carbonyl (C=O) groups excluding carboxylic acids is 2. The van der Waals surface area contributed by atoms with Crippen LogP contribution in [0.3, 0.4) is 0 Å². The molecule has 0 radical (unpaired) electrons. The molecule has 32 heavy (non-hydrogen) atoms. The van der Waals surface area contributed by atoms with Gasteiger partial charge in [0.1, 0.15) is 5.75 Å². The number of nitrogens with one attached hydrogen (secondary N) is 1. The van der Waals surface area contributed by atoms with Gasteiger partial charge in [-0.1, -0.05) is 17.7 Å². The molecule has 10 heteroatoms. The lowest BCUT2D eigenvalue weighted by atomic mass is 9.87. The standard InChI is InChI=1S/C22H20ClF3N2O4/c23-17-11-15(3-4-16(17)22(24,25)26)28-7-5-21(31,6-8-28)12-19(29)27-14-2-1-13-9-20(30)32-18(13)10-14/h1-4,10-11,31H,5-9,12H2,(H,27,29). The molecule has 2 aliphatic heterocycles.